The number of rotatable bonds is 4. The maximum Gasteiger partial charge on any atom is 1.00 e. The van der Waals surface area contributed by atoms with Gasteiger partial charge >= 0.3 is 51.4 Å². The number of carbonyl (C=O) groups is 1. The molecule has 0 bridgehead atoms. The van der Waals surface area contributed by atoms with Crippen molar-refractivity contribution in [2.24, 2.45) is 0 Å². The summed E-state index contributed by atoms with van der Waals surface area (Å²) < 4.78 is 1.61. The number of aromatic carboxylic acids is 1. The van der Waals surface area contributed by atoms with E-state index in [2.05, 4.69) is 30.2 Å². The molecule has 0 unspecified atom stereocenters. The third-order valence-electron chi connectivity index (χ3n) is 5.10. The molecule has 0 saturated carbocycles. The van der Waals surface area contributed by atoms with E-state index >= 15 is 0 Å². The number of pyridine rings is 3. The number of carboxylic acids is 1. The summed E-state index contributed by atoms with van der Waals surface area (Å²) >= 11 is 0. The zero-order valence-electron chi connectivity index (χ0n) is 18.2. The molecule has 5 rings (SSSR count). The maximum absolute atomic E-state index is 11.2. The van der Waals surface area contributed by atoms with Crippen LogP contribution in [0.1, 0.15) is 33.1 Å². The van der Waals surface area contributed by atoms with Crippen molar-refractivity contribution < 1.29 is 61.3 Å². The summed E-state index contributed by atoms with van der Waals surface area (Å²) in [5.74, 6) is -0.869. The van der Waals surface area contributed by atoms with Gasteiger partial charge in [0.1, 0.15) is 5.69 Å². The van der Waals surface area contributed by atoms with E-state index in [0.717, 1.165) is 27.9 Å². The molecular formula is C23H16KN7O2. The average Bonchev–Trinajstić information content (AvgIpc) is 3.34. The van der Waals surface area contributed by atoms with E-state index in [1.807, 2.05) is 43.3 Å². The van der Waals surface area contributed by atoms with Gasteiger partial charge in [-0.25, -0.2) is 4.98 Å². The monoisotopic (exact) mass is 461 g/mol. The van der Waals surface area contributed by atoms with Crippen LogP contribution >= 0.6 is 0 Å². The smallest absolute Gasteiger partial charge is 0.545 e. The summed E-state index contributed by atoms with van der Waals surface area (Å²) in [6.45, 7) is 3.49. The van der Waals surface area contributed by atoms with E-state index in [1.54, 1.807) is 29.9 Å². The maximum atomic E-state index is 11.2. The van der Waals surface area contributed by atoms with Gasteiger partial charge < -0.3 is 9.90 Å². The van der Waals surface area contributed by atoms with E-state index in [1.165, 1.54) is 6.07 Å². The van der Waals surface area contributed by atoms with Gasteiger partial charge in [-0.2, -0.15) is 9.61 Å². The molecule has 0 aromatic carbocycles. The van der Waals surface area contributed by atoms with Crippen molar-refractivity contribution in [1.82, 2.24) is 34.8 Å². The zero-order chi connectivity index (χ0) is 22.2. The largest absolute Gasteiger partial charge is 1.00 e. The predicted octanol–water partition coefficient (Wildman–Crippen LogP) is -2.07. The number of carbonyl (C=O) groups excluding carboxylic acids is 1. The van der Waals surface area contributed by atoms with Crippen molar-refractivity contribution in [3.63, 3.8) is 0 Å². The van der Waals surface area contributed by atoms with Crippen LogP contribution < -0.4 is 61.7 Å². The Kier molecular flexibility index (Phi) is 6.72. The van der Waals surface area contributed by atoms with Gasteiger partial charge in [-0.15, -0.1) is 10.2 Å². The van der Waals surface area contributed by atoms with Crippen molar-refractivity contribution in [3.8, 4) is 11.5 Å². The van der Waals surface area contributed by atoms with E-state index in [9.17, 15) is 9.90 Å². The number of fused-ring (bicyclic) bond motifs is 1. The van der Waals surface area contributed by atoms with Gasteiger partial charge in [0.05, 0.1) is 28.3 Å². The fourth-order valence-corrected chi connectivity index (χ4v) is 3.65. The second kappa shape index (κ2) is 9.54. The molecule has 9 nitrogen and oxygen atoms in total. The normalized spacial score (nSPS) is 10.7. The molecule has 5 heterocycles. The van der Waals surface area contributed by atoms with Crippen LogP contribution in [0.5, 0.6) is 0 Å². The predicted molar refractivity (Wildman–Crippen MR) is 113 cm³/mol. The minimum absolute atomic E-state index is 0. The number of hydrogen-bond donors (Lipinski definition) is 0. The Morgan fingerprint density at radius 3 is 2.09 bits per heavy atom. The van der Waals surface area contributed by atoms with Gasteiger partial charge in [0.25, 0.3) is 0 Å². The van der Waals surface area contributed by atoms with Crippen LogP contribution in [-0.4, -0.2) is 40.7 Å². The Morgan fingerprint density at radius 2 is 1.55 bits per heavy atom. The molecule has 0 aliphatic carbocycles. The molecule has 0 amide bonds. The first-order valence-electron chi connectivity index (χ1n) is 9.83. The first-order chi connectivity index (χ1) is 15.5. The second-order valence-electron chi connectivity index (χ2n) is 7.14. The minimum atomic E-state index is -1.28. The Labute approximate surface area is 231 Å². The third-order valence-corrected chi connectivity index (χ3v) is 5.10. The van der Waals surface area contributed by atoms with Crippen LogP contribution in [-0.2, 0) is 0 Å². The number of aryl methyl sites for hydroxylation is 2. The summed E-state index contributed by atoms with van der Waals surface area (Å²) in [4.78, 5) is 24.6. The van der Waals surface area contributed by atoms with Crippen LogP contribution in [0, 0.1) is 13.8 Å². The van der Waals surface area contributed by atoms with Crippen molar-refractivity contribution in [1.29, 1.82) is 0 Å². The van der Waals surface area contributed by atoms with Crippen LogP contribution in [0.2, 0.25) is 0 Å². The summed E-state index contributed by atoms with van der Waals surface area (Å²) in [6.07, 6.45) is 3.45. The molecule has 5 aromatic heterocycles. The van der Waals surface area contributed by atoms with E-state index < -0.39 is 5.97 Å². The molecule has 33 heavy (non-hydrogen) atoms. The Bertz CT molecular complexity index is 1480. The molecule has 0 saturated heterocycles. The summed E-state index contributed by atoms with van der Waals surface area (Å²) in [7, 11) is 0. The van der Waals surface area contributed by atoms with E-state index in [4.69, 9.17) is 0 Å². The van der Waals surface area contributed by atoms with Crippen molar-refractivity contribution in [2.75, 3.05) is 0 Å². The van der Waals surface area contributed by atoms with Gasteiger partial charge in [0, 0.05) is 29.2 Å². The topological polar surface area (TPSA) is 122 Å². The number of hydrogen-bond acceptors (Lipinski definition) is 8. The molecule has 0 radical (unpaired) electrons. The number of carboxylic acid groups (broad SMARTS) is 1. The van der Waals surface area contributed by atoms with Crippen molar-refractivity contribution in [2.45, 2.75) is 13.8 Å². The van der Waals surface area contributed by atoms with Crippen LogP contribution in [0.25, 0.3) is 22.7 Å². The van der Waals surface area contributed by atoms with Crippen molar-refractivity contribution in [3.05, 3.63) is 94.5 Å². The van der Waals surface area contributed by atoms with Gasteiger partial charge in [-0.3, -0.25) is 9.97 Å². The Morgan fingerprint density at radius 1 is 0.879 bits per heavy atom. The standard InChI is InChI=1S/C23H17N7O2.K/c1-13-15(23(31)32)9-10-18(26-13)21-27-28-22-19(14(2)29-30(21)22)20(16-7-3-5-11-24-16)17-8-4-6-12-25-17;/h3-12H,1-2H3,(H,31,32);/q;+1/p-1. The van der Waals surface area contributed by atoms with Gasteiger partial charge in [0.15, 0.2) is 5.65 Å². The van der Waals surface area contributed by atoms with Crippen molar-refractivity contribution >= 4 is 17.2 Å². The summed E-state index contributed by atoms with van der Waals surface area (Å²) in [5, 5.41) is 25.3. The molecule has 0 fully saturated rings. The molecule has 0 atom stereocenters. The zero-order valence-corrected chi connectivity index (χ0v) is 21.3. The fourth-order valence-electron chi connectivity index (χ4n) is 3.65. The molecule has 10 heteroatoms. The Balaban J connectivity index is 0.00000259. The van der Waals surface area contributed by atoms with Gasteiger partial charge in [-0.1, -0.05) is 12.1 Å². The first-order valence-corrected chi connectivity index (χ1v) is 9.83. The first kappa shape index (κ1) is 23.3. The molecule has 0 aliphatic heterocycles. The number of aromatic nitrogens is 7. The van der Waals surface area contributed by atoms with Crippen LogP contribution in [0.4, 0.5) is 0 Å². The average molecular weight is 462 g/mol. The van der Waals surface area contributed by atoms with E-state index in [0.29, 0.717) is 22.9 Å². The summed E-state index contributed by atoms with van der Waals surface area (Å²) in [5.41, 5.74) is 4.35. The SMILES string of the molecule is Cc1nc(-c2nnc3c(=C(c4ccccn4)c4ccccn4)c(C)nn23)ccc1C(=O)[O-].[K+]. The number of nitrogens with zero attached hydrogens (tertiary/aromatic N) is 7. The molecule has 5 aromatic rings. The van der Waals surface area contributed by atoms with Crippen LogP contribution in [0.15, 0.2) is 60.9 Å². The molecule has 0 N–H and O–H groups in total. The van der Waals surface area contributed by atoms with E-state index in [-0.39, 0.29) is 56.9 Å². The van der Waals surface area contributed by atoms with Gasteiger partial charge in [0.2, 0.25) is 5.82 Å². The summed E-state index contributed by atoms with van der Waals surface area (Å²) in [6, 6.07) is 14.4. The quantitative estimate of drug-likeness (QED) is 0.280. The Hall–Kier alpha value is -2.89. The second-order valence-corrected chi connectivity index (χ2v) is 7.14. The molecule has 0 aliphatic rings. The molecule has 156 valence electrons. The minimum Gasteiger partial charge on any atom is -0.545 e. The third kappa shape index (κ3) is 4.23. The molecule has 0 spiro atoms. The van der Waals surface area contributed by atoms with Crippen LogP contribution in [0.3, 0.4) is 0 Å². The molecular weight excluding hydrogens is 445 g/mol. The van der Waals surface area contributed by atoms with Gasteiger partial charge in [-0.05, 0) is 50.2 Å². The fraction of sp³-hybridized carbons (Fsp3) is 0.0870.